The molecular weight excluding hydrogens is 262 g/mol. The van der Waals surface area contributed by atoms with Crippen molar-refractivity contribution in [1.29, 1.82) is 0 Å². The van der Waals surface area contributed by atoms with Crippen molar-refractivity contribution in [3.63, 3.8) is 0 Å². The Morgan fingerprint density at radius 2 is 1.90 bits per heavy atom. The van der Waals surface area contributed by atoms with E-state index in [4.69, 9.17) is 0 Å². The summed E-state index contributed by atoms with van der Waals surface area (Å²) in [4.78, 5) is 26.2. The van der Waals surface area contributed by atoms with Crippen molar-refractivity contribution in [2.45, 2.75) is 19.8 Å². The molecule has 0 saturated carbocycles. The van der Waals surface area contributed by atoms with Crippen molar-refractivity contribution < 1.29 is 9.59 Å². The van der Waals surface area contributed by atoms with Gasteiger partial charge in [0.2, 0.25) is 5.91 Å². The molecule has 1 heterocycles. The van der Waals surface area contributed by atoms with Crippen LogP contribution in [0, 0.1) is 6.92 Å². The fourth-order valence-corrected chi connectivity index (χ4v) is 2.72. The first-order valence-corrected chi connectivity index (χ1v) is 7.13. The van der Waals surface area contributed by atoms with Crippen molar-refractivity contribution in [3.05, 3.63) is 65.2 Å². The number of benzene rings is 2. The van der Waals surface area contributed by atoms with Crippen LogP contribution in [0.15, 0.2) is 48.5 Å². The Balaban J connectivity index is 1.87. The molecule has 1 aliphatic heterocycles. The first-order valence-electron chi connectivity index (χ1n) is 7.13. The number of carbonyl (C=O) groups excluding carboxylic acids is 2. The number of nitrogens with zero attached hydrogens (tertiary/aromatic N) is 1. The van der Waals surface area contributed by atoms with Crippen molar-refractivity contribution >= 4 is 17.4 Å². The van der Waals surface area contributed by atoms with E-state index in [-0.39, 0.29) is 18.2 Å². The van der Waals surface area contributed by atoms with Crippen LogP contribution in [0.2, 0.25) is 0 Å². The summed E-state index contributed by atoms with van der Waals surface area (Å²) in [6, 6.07) is 15.3. The van der Waals surface area contributed by atoms with Gasteiger partial charge in [0, 0.05) is 17.7 Å². The zero-order valence-electron chi connectivity index (χ0n) is 12.0. The van der Waals surface area contributed by atoms with Gasteiger partial charge in [-0.3, -0.25) is 9.59 Å². The number of amides is 1. The molecular formula is C18H17NO2. The summed E-state index contributed by atoms with van der Waals surface area (Å²) >= 11 is 0. The summed E-state index contributed by atoms with van der Waals surface area (Å²) in [6.45, 7) is 2.07. The summed E-state index contributed by atoms with van der Waals surface area (Å²) in [6.07, 6.45) is 1.22. The average Bonchev–Trinajstić information content (AvgIpc) is 2.50. The molecule has 106 valence electrons. The summed E-state index contributed by atoms with van der Waals surface area (Å²) in [5.41, 5.74) is 3.71. The van der Waals surface area contributed by atoms with Gasteiger partial charge in [-0.15, -0.1) is 0 Å². The molecule has 0 spiro atoms. The van der Waals surface area contributed by atoms with Gasteiger partial charge in [0.15, 0.2) is 5.78 Å². The summed E-state index contributed by atoms with van der Waals surface area (Å²) < 4.78 is 0. The Bertz CT molecular complexity index is 706. The molecule has 0 bridgehead atoms. The highest BCUT2D eigenvalue weighted by Gasteiger charge is 2.25. The van der Waals surface area contributed by atoms with Gasteiger partial charge in [-0.2, -0.15) is 0 Å². The third-order valence-corrected chi connectivity index (χ3v) is 3.83. The smallest absolute Gasteiger partial charge is 0.227 e. The second kappa shape index (κ2) is 5.52. The van der Waals surface area contributed by atoms with E-state index in [1.165, 1.54) is 0 Å². The fraction of sp³-hybridized carbons (Fsp3) is 0.222. The molecule has 3 heteroatoms. The molecule has 1 amide bonds. The number of anilines is 1. The maximum Gasteiger partial charge on any atom is 0.227 e. The molecule has 1 aliphatic rings. The van der Waals surface area contributed by atoms with Gasteiger partial charge >= 0.3 is 0 Å². The van der Waals surface area contributed by atoms with Crippen molar-refractivity contribution in [2.24, 2.45) is 0 Å². The van der Waals surface area contributed by atoms with E-state index in [2.05, 4.69) is 0 Å². The second-order valence-corrected chi connectivity index (χ2v) is 5.40. The predicted octanol–water partition coefficient (Wildman–Crippen LogP) is 3.16. The monoisotopic (exact) mass is 279 g/mol. The van der Waals surface area contributed by atoms with Gasteiger partial charge in [0.05, 0.1) is 6.54 Å². The van der Waals surface area contributed by atoms with E-state index in [0.717, 1.165) is 23.2 Å². The molecule has 21 heavy (non-hydrogen) atoms. The number of ketones is 1. The van der Waals surface area contributed by atoms with Crippen molar-refractivity contribution in [1.82, 2.24) is 0 Å². The van der Waals surface area contributed by atoms with Crippen molar-refractivity contribution in [2.75, 3.05) is 11.4 Å². The van der Waals surface area contributed by atoms with Gasteiger partial charge in [-0.05, 0) is 31.0 Å². The lowest BCUT2D eigenvalue weighted by molar-refractivity contribution is -0.118. The Labute approximate surface area is 124 Å². The standard InChI is InChI=1S/C18H17NO2/c1-13-5-4-7-15(11-13)17(20)12-19-16-8-3-2-6-14(16)9-10-18(19)21/h2-8,11H,9-10,12H2,1H3. The highest BCUT2D eigenvalue weighted by molar-refractivity contribution is 6.06. The number of aryl methyl sites for hydroxylation is 2. The van der Waals surface area contributed by atoms with Crippen LogP contribution in [0.4, 0.5) is 5.69 Å². The van der Waals surface area contributed by atoms with Gasteiger partial charge in [-0.1, -0.05) is 42.0 Å². The third kappa shape index (κ3) is 2.72. The van der Waals surface area contributed by atoms with Gasteiger partial charge in [-0.25, -0.2) is 0 Å². The molecule has 0 saturated heterocycles. The minimum Gasteiger partial charge on any atom is -0.304 e. The van der Waals surface area contributed by atoms with E-state index in [0.29, 0.717) is 12.0 Å². The Morgan fingerprint density at radius 1 is 1.10 bits per heavy atom. The van der Waals surface area contributed by atoms with Crippen molar-refractivity contribution in [3.8, 4) is 0 Å². The van der Waals surface area contributed by atoms with Crippen LogP contribution in [-0.2, 0) is 11.2 Å². The van der Waals surface area contributed by atoms with Crippen LogP contribution >= 0.6 is 0 Å². The zero-order valence-corrected chi connectivity index (χ0v) is 12.0. The molecule has 0 radical (unpaired) electrons. The summed E-state index contributed by atoms with van der Waals surface area (Å²) in [5, 5.41) is 0. The van der Waals surface area contributed by atoms with Crippen LogP contribution in [0.1, 0.15) is 27.9 Å². The van der Waals surface area contributed by atoms with E-state index >= 15 is 0 Å². The molecule has 2 aromatic carbocycles. The lowest BCUT2D eigenvalue weighted by Crippen LogP contribution is -2.39. The van der Waals surface area contributed by atoms with Crippen LogP contribution in [0.25, 0.3) is 0 Å². The SMILES string of the molecule is Cc1cccc(C(=O)CN2C(=O)CCc3ccccc32)c1. The number of para-hydroxylation sites is 1. The molecule has 0 atom stereocenters. The third-order valence-electron chi connectivity index (χ3n) is 3.83. The molecule has 0 aliphatic carbocycles. The van der Waals surface area contributed by atoms with Gasteiger partial charge < -0.3 is 4.90 Å². The zero-order chi connectivity index (χ0) is 14.8. The molecule has 2 aromatic rings. The normalized spacial score (nSPS) is 14.0. The summed E-state index contributed by atoms with van der Waals surface area (Å²) in [7, 11) is 0. The molecule has 0 N–H and O–H groups in total. The second-order valence-electron chi connectivity index (χ2n) is 5.40. The molecule has 3 nitrogen and oxygen atoms in total. The number of carbonyl (C=O) groups is 2. The Hall–Kier alpha value is -2.42. The van der Waals surface area contributed by atoms with Crippen LogP contribution in [0.5, 0.6) is 0 Å². The highest BCUT2D eigenvalue weighted by atomic mass is 16.2. The Morgan fingerprint density at radius 3 is 2.71 bits per heavy atom. The predicted molar refractivity (Wildman–Crippen MR) is 82.6 cm³/mol. The quantitative estimate of drug-likeness (QED) is 0.809. The largest absolute Gasteiger partial charge is 0.304 e. The van der Waals surface area contributed by atoms with E-state index in [1.54, 1.807) is 11.0 Å². The van der Waals surface area contributed by atoms with Crippen LogP contribution in [-0.4, -0.2) is 18.2 Å². The van der Waals surface area contributed by atoms with Crippen LogP contribution < -0.4 is 4.90 Å². The number of Topliss-reactive ketones (excluding diaryl/α,β-unsaturated/α-hetero) is 1. The minimum absolute atomic E-state index is 0.0229. The first kappa shape index (κ1) is 13.6. The Kier molecular flexibility index (Phi) is 3.57. The van der Waals surface area contributed by atoms with Crippen LogP contribution in [0.3, 0.4) is 0 Å². The lowest BCUT2D eigenvalue weighted by Gasteiger charge is -2.28. The fourth-order valence-electron chi connectivity index (χ4n) is 2.72. The van der Waals surface area contributed by atoms with E-state index in [1.807, 2.05) is 49.4 Å². The number of hydrogen-bond donors (Lipinski definition) is 0. The lowest BCUT2D eigenvalue weighted by atomic mass is 10.00. The highest BCUT2D eigenvalue weighted by Crippen LogP contribution is 2.27. The van der Waals surface area contributed by atoms with E-state index < -0.39 is 0 Å². The molecule has 0 fully saturated rings. The summed E-state index contributed by atoms with van der Waals surface area (Å²) in [5.74, 6) is -0.00143. The number of hydrogen-bond acceptors (Lipinski definition) is 2. The average molecular weight is 279 g/mol. The topological polar surface area (TPSA) is 37.4 Å². The maximum absolute atomic E-state index is 12.4. The molecule has 3 rings (SSSR count). The maximum atomic E-state index is 12.4. The van der Waals surface area contributed by atoms with Gasteiger partial charge in [0.1, 0.15) is 0 Å². The van der Waals surface area contributed by atoms with Gasteiger partial charge in [0.25, 0.3) is 0 Å². The first-order chi connectivity index (χ1) is 10.1. The van der Waals surface area contributed by atoms with E-state index in [9.17, 15) is 9.59 Å². The number of fused-ring (bicyclic) bond motifs is 1. The molecule has 0 aromatic heterocycles. The minimum atomic E-state index is -0.0243. The number of rotatable bonds is 3. The molecule has 0 unspecified atom stereocenters.